The van der Waals surface area contributed by atoms with Gasteiger partial charge in [0, 0.05) is 18.3 Å². The second-order valence-corrected chi connectivity index (χ2v) is 7.78. The Labute approximate surface area is 156 Å². The first-order valence-electron chi connectivity index (χ1n) is 8.98. The van der Waals surface area contributed by atoms with E-state index in [0.717, 1.165) is 31.6 Å². The molecular formula is C19H23N5OS. The second kappa shape index (κ2) is 7.17. The SMILES string of the molecule is Cc1c(C(=O)N(C)Cc2csc3ccccc23)nnn1C1CCNCC1. The van der Waals surface area contributed by atoms with Gasteiger partial charge in [-0.1, -0.05) is 23.4 Å². The minimum Gasteiger partial charge on any atom is -0.336 e. The number of hydrogen-bond donors (Lipinski definition) is 1. The van der Waals surface area contributed by atoms with Crippen LogP contribution in [-0.4, -0.2) is 45.9 Å². The quantitative estimate of drug-likeness (QED) is 0.768. The van der Waals surface area contributed by atoms with Crippen molar-refractivity contribution in [3.05, 3.63) is 46.6 Å². The molecule has 1 N–H and O–H groups in total. The van der Waals surface area contributed by atoms with Crippen molar-refractivity contribution in [2.75, 3.05) is 20.1 Å². The number of hydrogen-bond acceptors (Lipinski definition) is 5. The number of carbonyl (C=O) groups is 1. The minimum absolute atomic E-state index is 0.0713. The van der Waals surface area contributed by atoms with Crippen molar-refractivity contribution in [3.63, 3.8) is 0 Å². The molecule has 2 aromatic heterocycles. The molecule has 1 fully saturated rings. The summed E-state index contributed by atoms with van der Waals surface area (Å²) in [6.45, 7) is 4.49. The van der Waals surface area contributed by atoms with Crippen molar-refractivity contribution in [1.29, 1.82) is 0 Å². The van der Waals surface area contributed by atoms with E-state index in [-0.39, 0.29) is 5.91 Å². The van der Waals surface area contributed by atoms with E-state index in [9.17, 15) is 4.79 Å². The summed E-state index contributed by atoms with van der Waals surface area (Å²) in [6, 6.07) is 8.63. The van der Waals surface area contributed by atoms with Gasteiger partial charge < -0.3 is 10.2 Å². The lowest BCUT2D eigenvalue weighted by molar-refractivity contribution is 0.0779. The highest BCUT2D eigenvalue weighted by atomic mass is 32.1. The Morgan fingerprint density at radius 1 is 1.35 bits per heavy atom. The van der Waals surface area contributed by atoms with Crippen LogP contribution in [-0.2, 0) is 6.54 Å². The summed E-state index contributed by atoms with van der Waals surface area (Å²) in [7, 11) is 1.83. The van der Waals surface area contributed by atoms with Gasteiger partial charge in [0.2, 0.25) is 0 Å². The second-order valence-electron chi connectivity index (χ2n) is 6.87. The Balaban J connectivity index is 1.53. The zero-order valence-electron chi connectivity index (χ0n) is 15.1. The number of aromatic nitrogens is 3. The highest BCUT2D eigenvalue weighted by molar-refractivity contribution is 7.17. The molecule has 0 spiro atoms. The predicted molar refractivity (Wildman–Crippen MR) is 104 cm³/mol. The van der Waals surface area contributed by atoms with Crippen molar-refractivity contribution in [2.45, 2.75) is 32.4 Å². The van der Waals surface area contributed by atoms with E-state index in [1.807, 2.05) is 30.8 Å². The van der Waals surface area contributed by atoms with E-state index < -0.39 is 0 Å². The number of nitrogens with zero attached hydrogens (tertiary/aromatic N) is 4. The molecule has 0 atom stereocenters. The van der Waals surface area contributed by atoms with Gasteiger partial charge in [-0.15, -0.1) is 16.4 Å². The van der Waals surface area contributed by atoms with Gasteiger partial charge in [0.1, 0.15) is 0 Å². The summed E-state index contributed by atoms with van der Waals surface area (Å²) in [4.78, 5) is 14.7. The lowest BCUT2D eigenvalue weighted by Gasteiger charge is -2.23. The van der Waals surface area contributed by atoms with Crippen LogP contribution < -0.4 is 5.32 Å². The van der Waals surface area contributed by atoms with Gasteiger partial charge in [-0.3, -0.25) is 4.79 Å². The molecule has 1 saturated heterocycles. The van der Waals surface area contributed by atoms with Gasteiger partial charge >= 0.3 is 0 Å². The monoisotopic (exact) mass is 369 g/mol. The highest BCUT2D eigenvalue weighted by Gasteiger charge is 2.25. The molecule has 0 radical (unpaired) electrons. The minimum atomic E-state index is -0.0713. The smallest absolute Gasteiger partial charge is 0.276 e. The van der Waals surface area contributed by atoms with Crippen LogP contribution in [0, 0.1) is 6.92 Å². The van der Waals surface area contributed by atoms with Gasteiger partial charge in [-0.05, 0) is 55.3 Å². The van der Waals surface area contributed by atoms with E-state index in [1.54, 1.807) is 16.2 Å². The molecule has 26 heavy (non-hydrogen) atoms. The first-order chi connectivity index (χ1) is 12.6. The first-order valence-corrected chi connectivity index (χ1v) is 9.86. The topological polar surface area (TPSA) is 63.1 Å². The van der Waals surface area contributed by atoms with Gasteiger partial charge in [0.05, 0.1) is 11.7 Å². The van der Waals surface area contributed by atoms with Gasteiger partial charge in [0.15, 0.2) is 5.69 Å². The maximum Gasteiger partial charge on any atom is 0.276 e. The van der Waals surface area contributed by atoms with Crippen LogP contribution in [0.2, 0.25) is 0 Å². The van der Waals surface area contributed by atoms with Crippen molar-refractivity contribution >= 4 is 27.3 Å². The van der Waals surface area contributed by atoms with Crippen molar-refractivity contribution in [1.82, 2.24) is 25.2 Å². The predicted octanol–water partition coefficient (Wildman–Crippen LogP) is 3.00. The molecule has 0 unspecified atom stereocenters. The summed E-state index contributed by atoms with van der Waals surface area (Å²) >= 11 is 1.71. The number of piperidine rings is 1. The zero-order valence-corrected chi connectivity index (χ0v) is 15.9. The van der Waals surface area contributed by atoms with Gasteiger partial charge in [0.25, 0.3) is 5.91 Å². The molecule has 3 heterocycles. The third kappa shape index (κ3) is 3.12. The fourth-order valence-electron chi connectivity index (χ4n) is 3.60. The fourth-order valence-corrected chi connectivity index (χ4v) is 4.55. The standard InChI is InChI=1S/C19H23N5OS/c1-13-18(21-22-24(13)15-7-9-20-10-8-15)19(25)23(2)11-14-12-26-17-6-4-3-5-16(14)17/h3-6,12,15,20H,7-11H2,1-2H3. The van der Waals surface area contributed by atoms with Crippen LogP contribution >= 0.6 is 11.3 Å². The summed E-state index contributed by atoms with van der Waals surface area (Å²) in [5.74, 6) is -0.0713. The van der Waals surface area contributed by atoms with Gasteiger partial charge in [-0.2, -0.15) is 0 Å². The van der Waals surface area contributed by atoms with Crippen molar-refractivity contribution in [3.8, 4) is 0 Å². The number of fused-ring (bicyclic) bond motifs is 1. The Morgan fingerprint density at radius 2 is 2.12 bits per heavy atom. The Kier molecular flexibility index (Phi) is 4.74. The van der Waals surface area contributed by atoms with E-state index >= 15 is 0 Å². The highest BCUT2D eigenvalue weighted by Crippen LogP contribution is 2.27. The first kappa shape index (κ1) is 17.2. The molecule has 0 aliphatic carbocycles. The molecule has 7 heteroatoms. The maximum absolute atomic E-state index is 12.9. The van der Waals surface area contributed by atoms with Crippen LogP contribution in [0.4, 0.5) is 0 Å². The lowest BCUT2D eigenvalue weighted by atomic mass is 10.1. The number of thiophene rings is 1. The average molecular weight is 369 g/mol. The maximum atomic E-state index is 12.9. The van der Waals surface area contributed by atoms with Crippen molar-refractivity contribution < 1.29 is 4.79 Å². The fraction of sp³-hybridized carbons (Fsp3) is 0.421. The third-order valence-electron chi connectivity index (χ3n) is 5.10. The molecule has 136 valence electrons. The number of rotatable bonds is 4. The molecule has 1 aliphatic rings. The van der Waals surface area contributed by atoms with Crippen LogP contribution in [0.5, 0.6) is 0 Å². The zero-order chi connectivity index (χ0) is 18.1. The number of amides is 1. The molecule has 3 aromatic rings. The van der Waals surface area contributed by atoms with Crippen LogP contribution in [0.25, 0.3) is 10.1 Å². The number of nitrogens with one attached hydrogen (secondary N) is 1. The normalized spacial score (nSPS) is 15.5. The molecule has 0 saturated carbocycles. The van der Waals surface area contributed by atoms with Crippen LogP contribution in [0.3, 0.4) is 0 Å². The van der Waals surface area contributed by atoms with Crippen LogP contribution in [0.1, 0.15) is 40.6 Å². The Bertz CT molecular complexity index is 925. The van der Waals surface area contributed by atoms with Crippen molar-refractivity contribution in [2.24, 2.45) is 0 Å². The van der Waals surface area contributed by atoms with E-state index in [4.69, 9.17) is 0 Å². The molecule has 4 rings (SSSR count). The van der Waals surface area contributed by atoms with E-state index in [0.29, 0.717) is 18.3 Å². The lowest BCUT2D eigenvalue weighted by Crippen LogP contribution is -2.30. The van der Waals surface area contributed by atoms with E-state index in [2.05, 4.69) is 33.1 Å². The number of benzene rings is 1. The molecule has 6 nitrogen and oxygen atoms in total. The third-order valence-corrected chi connectivity index (χ3v) is 6.11. The average Bonchev–Trinajstić information content (AvgIpc) is 3.26. The molecular weight excluding hydrogens is 346 g/mol. The largest absolute Gasteiger partial charge is 0.336 e. The Morgan fingerprint density at radius 3 is 2.92 bits per heavy atom. The van der Waals surface area contributed by atoms with Crippen LogP contribution in [0.15, 0.2) is 29.6 Å². The number of carbonyl (C=O) groups excluding carboxylic acids is 1. The Hall–Kier alpha value is -2.25. The summed E-state index contributed by atoms with van der Waals surface area (Å²) in [5, 5.41) is 15.2. The van der Waals surface area contributed by atoms with Gasteiger partial charge in [-0.25, -0.2) is 4.68 Å². The van der Waals surface area contributed by atoms with E-state index in [1.165, 1.54) is 15.6 Å². The summed E-state index contributed by atoms with van der Waals surface area (Å²) < 4.78 is 3.18. The molecule has 1 aliphatic heterocycles. The molecule has 1 amide bonds. The summed E-state index contributed by atoms with van der Waals surface area (Å²) in [6.07, 6.45) is 2.04. The molecule has 1 aromatic carbocycles. The molecule has 0 bridgehead atoms. The summed E-state index contributed by atoms with van der Waals surface area (Å²) in [5.41, 5.74) is 2.50.